The molecule has 2 aliphatic rings. The smallest absolute Gasteiger partial charge is 0.274 e. The van der Waals surface area contributed by atoms with Gasteiger partial charge in [0.2, 0.25) is 10.1 Å². The fraction of sp³-hybridized carbons (Fsp3) is 0.455. The molecule has 0 N–H and O–H groups in total. The van der Waals surface area contributed by atoms with Crippen molar-refractivity contribution in [3.05, 3.63) is 52.2 Å². The molecule has 1 atom stereocenters. The summed E-state index contributed by atoms with van der Waals surface area (Å²) >= 11 is 1.34. The van der Waals surface area contributed by atoms with Crippen molar-refractivity contribution in [1.29, 1.82) is 0 Å². The number of fused-ring (bicyclic) bond motifs is 1. The van der Waals surface area contributed by atoms with Crippen LogP contribution < -0.4 is 15.4 Å². The third-order valence-corrected chi connectivity index (χ3v) is 7.12. The van der Waals surface area contributed by atoms with Crippen LogP contribution in [0, 0.1) is 11.7 Å². The van der Waals surface area contributed by atoms with Crippen LogP contribution in [-0.4, -0.2) is 64.7 Å². The molecule has 10 heteroatoms. The average molecular weight is 457 g/mol. The zero-order chi connectivity index (χ0) is 22.2. The largest absolute Gasteiger partial charge is 0.366 e. The number of hydrogen-bond donors (Lipinski definition) is 0. The average Bonchev–Trinajstić information content (AvgIpc) is 3.22. The first-order valence-electron chi connectivity index (χ1n) is 10.9. The molecule has 0 radical (unpaired) electrons. The fourth-order valence-electron chi connectivity index (χ4n) is 4.47. The first kappa shape index (κ1) is 20.9. The molecule has 0 spiro atoms. The first-order valence-corrected chi connectivity index (χ1v) is 11.8. The molecule has 0 bridgehead atoms. The molecular formula is C22H25FN6O2S. The van der Waals surface area contributed by atoms with E-state index in [0.29, 0.717) is 42.7 Å². The molecule has 0 unspecified atom stereocenters. The van der Waals surface area contributed by atoms with Crippen molar-refractivity contribution in [2.24, 2.45) is 5.92 Å². The third kappa shape index (κ3) is 3.94. The molecular weight excluding hydrogens is 431 g/mol. The molecule has 1 amide bonds. The molecule has 0 saturated carbocycles. The predicted molar refractivity (Wildman–Crippen MR) is 122 cm³/mol. The van der Waals surface area contributed by atoms with E-state index in [1.54, 1.807) is 23.1 Å². The Morgan fingerprint density at radius 1 is 1.12 bits per heavy atom. The quantitative estimate of drug-likeness (QED) is 0.603. The Bertz CT molecular complexity index is 1200. The van der Waals surface area contributed by atoms with Crippen molar-refractivity contribution >= 4 is 33.0 Å². The van der Waals surface area contributed by atoms with E-state index in [-0.39, 0.29) is 17.4 Å². The van der Waals surface area contributed by atoms with Crippen LogP contribution in [0.2, 0.25) is 0 Å². The Morgan fingerprint density at radius 2 is 1.91 bits per heavy atom. The van der Waals surface area contributed by atoms with E-state index < -0.39 is 5.56 Å². The Morgan fingerprint density at radius 3 is 2.66 bits per heavy atom. The molecule has 3 aromatic rings. The molecule has 32 heavy (non-hydrogen) atoms. The first-order chi connectivity index (χ1) is 15.5. The van der Waals surface area contributed by atoms with E-state index in [1.807, 2.05) is 4.90 Å². The Hall–Kier alpha value is -3.01. The number of aromatic nitrogens is 3. The van der Waals surface area contributed by atoms with Gasteiger partial charge in [0, 0.05) is 45.3 Å². The number of piperazine rings is 1. The number of benzene rings is 1. The number of amides is 1. The van der Waals surface area contributed by atoms with Gasteiger partial charge in [0.25, 0.3) is 11.5 Å². The van der Waals surface area contributed by atoms with Gasteiger partial charge in [-0.1, -0.05) is 30.4 Å². The SMILES string of the molecule is C[C@@H]1CCCN(c2nn3c(C(=O)N4CCN(c5ccccc5F)CC4)cc(=O)nc3s2)C1. The van der Waals surface area contributed by atoms with Crippen molar-refractivity contribution in [2.75, 3.05) is 49.1 Å². The summed E-state index contributed by atoms with van der Waals surface area (Å²) in [5, 5.41) is 5.44. The molecule has 168 valence electrons. The molecule has 4 heterocycles. The molecule has 2 saturated heterocycles. The van der Waals surface area contributed by atoms with Gasteiger partial charge < -0.3 is 14.7 Å². The molecule has 1 aromatic carbocycles. The highest BCUT2D eigenvalue weighted by molar-refractivity contribution is 7.20. The lowest BCUT2D eigenvalue weighted by molar-refractivity contribution is 0.0737. The minimum atomic E-state index is -0.444. The second-order valence-electron chi connectivity index (χ2n) is 8.48. The molecule has 0 aliphatic carbocycles. The summed E-state index contributed by atoms with van der Waals surface area (Å²) in [4.78, 5) is 35.9. The van der Waals surface area contributed by atoms with Gasteiger partial charge in [0.15, 0.2) is 0 Å². The number of piperidine rings is 1. The zero-order valence-electron chi connectivity index (χ0n) is 17.9. The minimum absolute atomic E-state index is 0.229. The van der Waals surface area contributed by atoms with Crippen molar-refractivity contribution in [1.82, 2.24) is 19.5 Å². The van der Waals surface area contributed by atoms with E-state index in [1.165, 1.54) is 34.4 Å². The van der Waals surface area contributed by atoms with Gasteiger partial charge in [0.1, 0.15) is 11.5 Å². The number of carbonyl (C=O) groups excluding carboxylic acids is 1. The number of rotatable bonds is 3. The Balaban J connectivity index is 1.38. The number of nitrogens with zero attached hydrogens (tertiary/aromatic N) is 6. The van der Waals surface area contributed by atoms with Crippen LogP contribution in [0.1, 0.15) is 30.3 Å². The summed E-state index contributed by atoms with van der Waals surface area (Å²) in [6.07, 6.45) is 2.29. The van der Waals surface area contributed by atoms with E-state index in [4.69, 9.17) is 0 Å². The number of hydrogen-bond acceptors (Lipinski definition) is 7. The van der Waals surface area contributed by atoms with Crippen LogP contribution in [0.15, 0.2) is 35.1 Å². The topological polar surface area (TPSA) is 74.1 Å². The van der Waals surface area contributed by atoms with Gasteiger partial charge in [-0.2, -0.15) is 9.50 Å². The normalized spacial score (nSPS) is 19.6. The maximum Gasteiger partial charge on any atom is 0.274 e. The maximum absolute atomic E-state index is 14.1. The van der Waals surface area contributed by atoms with Crippen LogP contribution in [0.5, 0.6) is 0 Å². The lowest BCUT2D eigenvalue weighted by Gasteiger charge is -2.36. The summed E-state index contributed by atoms with van der Waals surface area (Å²) in [6, 6.07) is 7.92. The minimum Gasteiger partial charge on any atom is -0.366 e. The lowest BCUT2D eigenvalue weighted by Crippen LogP contribution is -2.49. The van der Waals surface area contributed by atoms with Crippen LogP contribution in [0.3, 0.4) is 0 Å². The highest BCUT2D eigenvalue weighted by atomic mass is 32.1. The summed E-state index contributed by atoms with van der Waals surface area (Å²) in [7, 11) is 0. The second-order valence-corrected chi connectivity index (χ2v) is 9.42. The highest BCUT2D eigenvalue weighted by Crippen LogP contribution is 2.27. The summed E-state index contributed by atoms with van der Waals surface area (Å²) in [5.74, 6) is 0.0592. The van der Waals surface area contributed by atoms with Crippen LogP contribution >= 0.6 is 11.3 Å². The Kier molecular flexibility index (Phi) is 5.54. The molecule has 2 fully saturated rings. The lowest BCUT2D eigenvalue weighted by atomic mass is 10.0. The van der Waals surface area contributed by atoms with Crippen molar-refractivity contribution < 1.29 is 9.18 Å². The van der Waals surface area contributed by atoms with E-state index in [2.05, 4.69) is 21.9 Å². The van der Waals surface area contributed by atoms with Gasteiger partial charge in [-0.25, -0.2) is 4.39 Å². The van der Waals surface area contributed by atoms with Crippen LogP contribution in [0.25, 0.3) is 4.96 Å². The maximum atomic E-state index is 14.1. The van der Waals surface area contributed by atoms with Crippen molar-refractivity contribution in [3.8, 4) is 0 Å². The third-order valence-electron chi connectivity index (χ3n) is 6.15. The number of carbonyl (C=O) groups is 1. The predicted octanol–water partition coefficient (Wildman–Crippen LogP) is 2.49. The Labute approximate surface area is 188 Å². The van der Waals surface area contributed by atoms with Gasteiger partial charge in [-0.05, 0) is 30.9 Å². The number of para-hydroxylation sites is 1. The standard InChI is InChI=1S/C22H25FN6O2S/c1-15-5-4-8-28(14-15)22-25-29-18(13-19(30)24-21(29)32-22)20(31)27-11-9-26(10-12-27)17-7-3-2-6-16(17)23/h2-3,6-7,13,15H,4-5,8-12,14H2,1H3/t15-/m1/s1. The van der Waals surface area contributed by atoms with Crippen LogP contribution in [0.4, 0.5) is 15.2 Å². The van der Waals surface area contributed by atoms with Crippen molar-refractivity contribution in [3.63, 3.8) is 0 Å². The number of halogens is 1. The number of anilines is 2. The van der Waals surface area contributed by atoms with E-state index >= 15 is 0 Å². The fourth-order valence-corrected chi connectivity index (χ4v) is 5.41. The van der Waals surface area contributed by atoms with Crippen molar-refractivity contribution in [2.45, 2.75) is 19.8 Å². The second kappa shape index (κ2) is 8.50. The van der Waals surface area contributed by atoms with Gasteiger partial charge in [0.05, 0.1) is 5.69 Å². The molecule has 2 aliphatic heterocycles. The van der Waals surface area contributed by atoms with Gasteiger partial charge >= 0.3 is 0 Å². The van der Waals surface area contributed by atoms with Gasteiger partial charge in [-0.15, -0.1) is 5.10 Å². The monoisotopic (exact) mass is 456 g/mol. The highest BCUT2D eigenvalue weighted by Gasteiger charge is 2.27. The molecule has 8 nitrogen and oxygen atoms in total. The summed E-state index contributed by atoms with van der Waals surface area (Å²) in [5.41, 5.74) is 0.328. The zero-order valence-corrected chi connectivity index (χ0v) is 18.7. The molecule has 5 rings (SSSR count). The molecule has 2 aromatic heterocycles. The van der Waals surface area contributed by atoms with Gasteiger partial charge in [-0.3, -0.25) is 9.59 Å². The van der Waals surface area contributed by atoms with E-state index in [0.717, 1.165) is 24.6 Å². The summed E-state index contributed by atoms with van der Waals surface area (Å²) < 4.78 is 15.6. The van der Waals surface area contributed by atoms with Crippen LogP contribution in [-0.2, 0) is 0 Å². The summed E-state index contributed by atoms with van der Waals surface area (Å²) in [6.45, 7) is 5.95. The van der Waals surface area contributed by atoms with E-state index in [9.17, 15) is 14.0 Å².